The molecule has 3 rings (SSSR count). The molecule has 0 radical (unpaired) electrons. The molecule has 2 amide bonds. The highest BCUT2D eigenvalue weighted by Gasteiger charge is 2.36. The van der Waals surface area contributed by atoms with Gasteiger partial charge in [0.1, 0.15) is 0 Å². The number of nitrogens with zero attached hydrogens (tertiary/aromatic N) is 2. The summed E-state index contributed by atoms with van der Waals surface area (Å²) in [5.41, 5.74) is 5.56. The Kier molecular flexibility index (Phi) is 5.82. The van der Waals surface area contributed by atoms with Gasteiger partial charge in [-0.2, -0.15) is 0 Å². The highest BCUT2D eigenvalue weighted by atomic mass is 16.2. The maximum Gasteiger partial charge on any atom is 0.229 e. The van der Waals surface area contributed by atoms with Gasteiger partial charge in [0.2, 0.25) is 11.8 Å². The molecule has 1 aliphatic heterocycles. The van der Waals surface area contributed by atoms with E-state index in [0.717, 1.165) is 40.3 Å². The molecule has 1 aliphatic rings. The zero-order valence-corrected chi connectivity index (χ0v) is 17.4. The van der Waals surface area contributed by atoms with Crippen molar-refractivity contribution in [2.75, 3.05) is 16.8 Å². The molecule has 0 spiro atoms. The largest absolute Gasteiger partial charge is 0.324 e. The lowest BCUT2D eigenvalue weighted by Gasteiger charge is -2.23. The Morgan fingerprint density at radius 1 is 1.29 bits per heavy atom. The molecule has 1 saturated heterocycles. The fraction of sp³-hybridized carbons (Fsp3) is 0.435. The zero-order valence-electron chi connectivity index (χ0n) is 17.4. The van der Waals surface area contributed by atoms with E-state index in [1.807, 2.05) is 45.0 Å². The zero-order chi connectivity index (χ0) is 20.4. The van der Waals surface area contributed by atoms with Crippen LogP contribution in [0.3, 0.4) is 0 Å². The van der Waals surface area contributed by atoms with E-state index in [1.165, 1.54) is 0 Å². The third-order valence-corrected chi connectivity index (χ3v) is 5.64. The summed E-state index contributed by atoms with van der Waals surface area (Å²) in [7, 11) is 0. The summed E-state index contributed by atoms with van der Waals surface area (Å²) in [5, 5.41) is 3.01. The molecule has 1 aromatic heterocycles. The summed E-state index contributed by atoms with van der Waals surface area (Å²) >= 11 is 0. The fourth-order valence-corrected chi connectivity index (χ4v) is 3.92. The second-order valence-electron chi connectivity index (χ2n) is 7.80. The van der Waals surface area contributed by atoms with E-state index in [-0.39, 0.29) is 24.2 Å². The van der Waals surface area contributed by atoms with Crippen LogP contribution in [0.2, 0.25) is 0 Å². The monoisotopic (exact) mass is 379 g/mol. The van der Waals surface area contributed by atoms with Gasteiger partial charge in [-0.1, -0.05) is 32.0 Å². The second kappa shape index (κ2) is 8.13. The molecule has 28 heavy (non-hydrogen) atoms. The van der Waals surface area contributed by atoms with Crippen molar-refractivity contribution in [2.24, 2.45) is 5.92 Å². The molecular formula is C23H29N3O2. The molecule has 1 fully saturated rings. The number of anilines is 2. The summed E-state index contributed by atoms with van der Waals surface area (Å²) < 4.78 is 0. The van der Waals surface area contributed by atoms with Crippen LogP contribution in [0.1, 0.15) is 55.1 Å². The third-order valence-electron chi connectivity index (χ3n) is 5.64. The lowest BCUT2D eigenvalue weighted by molar-refractivity contribution is -0.122. The van der Waals surface area contributed by atoms with Gasteiger partial charge in [-0.3, -0.25) is 14.6 Å². The van der Waals surface area contributed by atoms with Gasteiger partial charge in [-0.25, -0.2) is 0 Å². The van der Waals surface area contributed by atoms with E-state index < -0.39 is 0 Å². The topological polar surface area (TPSA) is 62.3 Å². The van der Waals surface area contributed by atoms with Crippen molar-refractivity contribution in [3.05, 3.63) is 52.8 Å². The molecule has 5 heteroatoms. The molecule has 5 nitrogen and oxygen atoms in total. The van der Waals surface area contributed by atoms with E-state index in [1.54, 1.807) is 4.90 Å². The van der Waals surface area contributed by atoms with Crippen LogP contribution in [-0.4, -0.2) is 23.3 Å². The predicted molar refractivity (Wildman–Crippen MR) is 113 cm³/mol. The fourth-order valence-electron chi connectivity index (χ4n) is 3.92. The molecule has 2 atom stereocenters. The summed E-state index contributed by atoms with van der Waals surface area (Å²) in [4.78, 5) is 31.8. The van der Waals surface area contributed by atoms with E-state index >= 15 is 0 Å². The Balaban J connectivity index is 1.79. The first-order valence-electron chi connectivity index (χ1n) is 9.96. The minimum Gasteiger partial charge on any atom is -0.324 e. The number of aryl methyl sites for hydroxylation is 3. The first-order chi connectivity index (χ1) is 13.3. The van der Waals surface area contributed by atoms with Crippen LogP contribution in [0.25, 0.3) is 0 Å². The van der Waals surface area contributed by atoms with Gasteiger partial charge < -0.3 is 10.2 Å². The molecule has 0 bridgehead atoms. The number of carbonyl (C=O) groups is 2. The Bertz CT molecular complexity index is 883. The Hall–Kier alpha value is -2.69. The number of aromatic nitrogens is 1. The van der Waals surface area contributed by atoms with Crippen molar-refractivity contribution in [3.63, 3.8) is 0 Å². The Morgan fingerprint density at radius 2 is 2.00 bits per heavy atom. The number of hydrogen-bond acceptors (Lipinski definition) is 3. The predicted octanol–water partition coefficient (Wildman–Crippen LogP) is 4.51. The number of hydrogen-bond donors (Lipinski definition) is 1. The highest BCUT2D eigenvalue weighted by molar-refractivity contribution is 6.04. The quantitative estimate of drug-likeness (QED) is 0.831. The maximum atomic E-state index is 12.9. The number of pyridine rings is 1. The van der Waals surface area contributed by atoms with Gasteiger partial charge in [0.15, 0.2) is 0 Å². The second-order valence-corrected chi connectivity index (χ2v) is 7.80. The van der Waals surface area contributed by atoms with Crippen molar-refractivity contribution in [2.45, 2.75) is 53.4 Å². The Morgan fingerprint density at radius 3 is 2.68 bits per heavy atom. The Labute approximate surface area is 167 Å². The van der Waals surface area contributed by atoms with E-state index in [2.05, 4.69) is 30.2 Å². The van der Waals surface area contributed by atoms with Crippen molar-refractivity contribution in [1.82, 2.24) is 4.98 Å². The number of carbonyl (C=O) groups excluding carboxylic acids is 2. The average molecular weight is 380 g/mol. The minimum absolute atomic E-state index is 0.00591. The normalized spacial score (nSPS) is 17.7. The number of benzene rings is 1. The molecule has 0 saturated carbocycles. The van der Waals surface area contributed by atoms with Gasteiger partial charge >= 0.3 is 0 Å². The van der Waals surface area contributed by atoms with Gasteiger partial charge in [-0.05, 0) is 56.4 Å². The SMILES string of the molecule is CCC(C)c1ccccc1N1CC(C(=O)Nc2c(C)cc(C)nc2C)CC1=O. The van der Waals surface area contributed by atoms with Crippen molar-refractivity contribution in [3.8, 4) is 0 Å². The molecule has 1 N–H and O–H groups in total. The molecule has 1 aromatic carbocycles. The number of nitrogens with one attached hydrogen (secondary N) is 1. The van der Waals surface area contributed by atoms with Crippen LogP contribution in [0.15, 0.2) is 30.3 Å². The number of rotatable bonds is 5. The van der Waals surface area contributed by atoms with E-state index in [4.69, 9.17) is 0 Å². The van der Waals surface area contributed by atoms with Gasteiger partial charge in [0.05, 0.1) is 17.3 Å². The maximum absolute atomic E-state index is 12.9. The molecule has 0 aliphatic carbocycles. The van der Waals surface area contributed by atoms with Crippen LogP contribution in [0.4, 0.5) is 11.4 Å². The van der Waals surface area contributed by atoms with Gasteiger partial charge in [-0.15, -0.1) is 0 Å². The molecule has 2 heterocycles. The molecule has 2 unspecified atom stereocenters. The van der Waals surface area contributed by atoms with Crippen molar-refractivity contribution < 1.29 is 9.59 Å². The highest BCUT2D eigenvalue weighted by Crippen LogP contribution is 2.34. The van der Waals surface area contributed by atoms with Crippen molar-refractivity contribution >= 4 is 23.2 Å². The average Bonchev–Trinajstić information content (AvgIpc) is 3.05. The van der Waals surface area contributed by atoms with Crippen LogP contribution >= 0.6 is 0 Å². The molecule has 148 valence electrons. The van der Waals surface area contributed by atoms with Crippen LogP contribution in [0.5, 0.6) is 0 Å². The van der Waals surface area contributed by atoms with E-state index in [9.17, 15) is 9.59 Å². The first kappa shape index (κ1) is 20.1. The third kappa shape index (κ3) is 3.93. The molecule has 2 aromatic rings. The summed E-state index contributed by atoms with van der Waals surface area (Å²) in [6.45, 7) is 10.5. The summed E-state index contributed by atoms with van der Waals surface area (Å²) in [6, 6.07) is 9.97. The lowest BCUT2D eigenvalue weighted by Crippen LogP contribution is -2.29. The van der Waals surface area contributed by atoms with Gasteiger partial charge in [0.25, 0.3) is 0 Å². The van der Waals surface area contributed by atoms with Crippen LogP contribution < -0.4 is 10.2 Å². The smallest absolute Gasteiger partial charge is 0.229 e. The minimum atomic E-state index is -0.363. The first-order valence-corrected chi connectivity index (χ1v) is 9.96. The summed E-state index contributed by atoms with van der Waals surface area (Å²) in [6.07, 6.45) is 1.24. The number of amides is 2. The van der Waals surface area contributed by atoms with Gasteiger partial charge in [0, 0.05) is 24.3 Å². The molecular weight excluding hydrogens is 350 g/mol. The van der Waals surface area contributed by atoms with Crippen LogP contribution in [-0.2, 0) is 9.59 Å². The summed E-state index contributed by atoms with van der Waals surface area (Å²) in [5.74, 6) is -0.112. The standard InChI is InChI=1S/C23H29N3O2/c1-6-14(2)19-9-7-8-10-20(19)26-13-18(12-21(26)27)23(28)25-22-15(3)11-16(4)24-17(22)5/h7-11,14,18H,6,12-13H2,1-5H3,(H,25,28). The van der Waals surface area contributed by atoms with E-state index in [0.29, 0.717) is 12.5 Å². The number of para-hydroxylation sites is 1. The van der Waals surface area contributed by atoms with Crippen LogP contribution in [0, 0.1) is 26.7 Å². The van der Waals surface area contributed by atoms with Crippen molar-refractivity contribution in [1.29, 1.82) is 0 Å². The lowest BCUT2D eigenvalue weighted by atomic mass is 9.96.